The predicted molar refractivity (Wildman–Crippen MR) is 74.7 cm³/mol. The molecule has 0 unspecified atom stereocenters. The zero-order valence-electron chi connectivity index (χ0n) is 11.0. The van der Waals surface area contributed by atoms with Crippen molar-refractivity contribution in [3.05, 3.63) is 41.5 Å². The normalized spacial score (nSPS) is 10.2. The highest BCUT2D eigenvalue weighted by molar-refractivity contribution is 5.91. The first-order valence-electron chi connectivity index (χ1n) is 6.29. The van der Waals surface area contributed by atoms with Crippen molar-refractivity contribution in [2.24, 2.45) is 0 Å². The van der Waals surface area contributed by atoms with Gasteiger partial charge in [-0.1, -0.05) is 12.1 Å². The Hall–Kier alpha value is -2.61. The maximum Gasteiger partial charge on any atom is 0.303 e. The molecule has 0 spiro atoms. The summed E-state index contributed by atoms with van der Waals surface area (Å²) in [6.07, 6.45) is 4.33. The first-order chi connectivity index (χ1) is 9.61. The number of carbonyl (C=O) groups is 2. The van der Waals surface area contributed by atoms with Crippen molar-refractivity contribution < 1.29 is 14.7 Å². The Balaban J connectivity index is 2.32. The Morgan fingerprint density at radius 2 is 2.15 bits per heavy atom. The van der Waals surface area contributed by atoms with Gasteiger partial charge < -0.3 is 10.4 Å². The van der Waals surface area contributed by atoms with Crippen LogP contribution in [0.5, 0.6) is 0 Å². The third kappa shape index (κ3) is 6.36. The van der Waals surface area contributed by atoms with E-state index < -0.39 is 5.97 Å². The SMILES string of the molecule is N#Cc1cccc(C=CC(=O)NCCCCC(=O)O)c1. The molecule has 5 nitrogen and oxygen atoms in total. The lowest BCUT2D eigenvalue weighted by Gasteiger charge is -2.00. The lowest BCUT2D eigenvalue weighted by molar-refractivity contribution is -0.137. The fourth-order valence-corrected chi connectivity index (χ4v) is 1.56. The number of nitrogens with one attached hydrogen (secondary N) is 1. The van der Waals surface area contributed by atoms with Crippen LogP contribution in [0.15, 0.2) is 30.3 Å². The Morgan fingerprint density at radius 1 is 1.35 bits per heavy atom. The summed E-state index contributed by atoms with van der Waals surface area (Å²) in [5.74, 6) is -1.06. The third-order valence-corrected chi connectivity index (χ3v) is 2.56. The molecule has 0 aliphatic rings. The van der Waals surface area contributed by atoms with E-state index in [0.717, 1.165) is 5.56 Å². The van der Waals surface area contributed by atoms with E-state index in [4.69, 9.17) is 10.4 Å². The van der Waals surface area contributed by atoms with Crippen LogP contribution in [-0.4, -0.2) is 23.5 Å². The van der Waals surface area contributed by atoms with E-state index in [1.54, 1.807) is 30.3 Å². The van der Waals surface area contributed by atoms with Gasteiger partial charge in [0.05, 0.1) is 11.6 Å². The summed E-state index contributed by atoms with van der Waals surface area (Å²) >= 11 is 0. The molecule has 1 aromatic rings. The minimum absolute atomic E-state index is 0.118. The van der Waals surface area contributed by atoms with Crippen molar-refractivity contribution in [1.82, 2.24) is 5.32 Å². The second kappa shape index (κ2) is 8.48. The summed E-state index contributed by atoms with van der Waals surface area (Å²) in [5, 5.41) is 19.9. The molecule has 0 bridgehead atoms. The van der Waals surface area contributed by atoms with Gasteiger partial charge in [-0.3, -0.25) is 9.59 Å². The number of hydrogen-bond donors (Lipinski definition) is 2. The molecule has 20 heavy (non-hydrogen) atoms. The molecule has 1 aromatic carbocycles. The van der Waals surface area contributed by atoms with Crippen LogP contribution < -0.4 is 5.32 Å². The molecule has 0 radical (unpaired) electrons. The average molecular weight is 272 g/mol. The van der Waals surface area contributed by atoms with Crippen molar-refractivity contribution in [1.29, 1.82) is 5.26 Å². The maximum atomic E-state index is 11.5. The second-order valence-corrected chi connectivity index (χ2v) is 4.21. The van der Waals surface area contributed by atoms with E-state index >= 15 is 0 Å². The number of nitrogens with zero attached hydrogens (tertiary/aromatic N) is 1. The van der Waals surface area contributed by atoms with Crippen LogP contribution in [0.25, 0.3) is 6.08 Å². The first kappa shape index (κ1) is 15.4. The number of carboxylic acids is 1. The van der Waals surface area contributed by atoms with Crippen LogP contribution >= 0.6 is 0 Å². The van der Waals surface area contributed by atoms with Crippen LogP contribution in [-0.2, 0) is 9.59 Å². The number of aliphatic carboxylic acids is 1. The Labute approximate surface area is 117 Å². The highest BCUT2D eigenvalue weighted by Gasteiger charge is 1.98. The minimum atomic E-state index is -0.825. The smallest absolute Gasteiger partial charge is 0.303 e. The van der Waals surface area contributed by atoms with Gasteiger partial charge >= 0.3 is 5.97 Å². The van der Waals surface area contributed by atoms with Gasteiger partial charge in [0.2, 0.25) is 5.91 Å². The van der Waals surface area contributed by atoms with Crippen LogP contribution in [0, 0.1) is 11.3 Å². The van der Waals surface area contributed by atoms with Crippen molar-refractivity contribution in [3.8, 4) is 6.07 Å². The van der Waals surface area contributed by atoms with Gasteiger partial charge in [0.25, 0.3) is 0 Å². The summed E-state index contributed by atoms with van der Waals surface area (Å²) < 4.78 is 0. The molecule has 0 heterocycles. The number of nitriles is 1. The summed E-state index contributed by atoms with van der Waals surface area (Å²) in [4.78, 5) is 21.8. The predicted octanol–water partition coefficient (Wildman–Crippen LogP) is 1.94. The molecule has 0 aliphatic carbocycles. The molecular formula is C15H16N2O3. The summed E-state index contributed by atoms with van der Waals surface area (Å²) in [7, 11) is 0. The van der Waals surface area contributed by atoms with Crippen LogP contribution in [0.1, 0.15) is 30.4 Å². The fourth-order valence-electron chi connectivity index (χ4n) is 1.56. The molecule has 0 fully saturated rings. The van der Waals surface area contributed by atoms with Gasteiger partial charge in [-0.15, -0.1) is 0 Å². The second-order valence-electron chi connectivity index (χ2n) is 4.21. The van der Waals surface area contributed by atoms with E-state index in [2.05, 4.69) is 5.32 Å². The van der Waals surface area contributed by atoms with Gasteiger partial charge in [0, 0.05) is 19.0 Å². The molecule has 0 saturated carbocycles. The number of amides is 1. The molecule has 0 aliphatic heterocycles. The lowest BCUT2D eigenvalue weighted by atomic mass is 10.1. The summed E-state index contributed by atoms with van der Waals surface area (Å²) in [6, 6.07) is 8.97. The molecule has 2 N–H and O–H groups in total. The quantitative estimate of drug-likeness (QED) is 0.586. The molecule has 0 saturated heterocycles. The van der Waals surface area contributed by atoms with Gasteiger partial charge in [-0.25, -0.2) is 0 Å². The standard InChI is InChI=1S/C15H16N2O3/c16-11-13-5-3-4-12(10-13)7-8-14(18)17-9-2-1-6-15(19)20/h3-5,7-8,10H,1-2,6,9H2,(H,17,18)(H,19,20). The fraction of sp³-hybridized carbons (Fsp3) is 0.267. The molecule has 0 atom stereocenters. The van der Waals surface area contributed by atoms with Gasteiger partial charge in [-0.05, 0) is 36.6 Å². The van der Waals surface area contributed by atoms with E-state index in [9.17, 15) is 9.59 Å². The van der Waals surface area contributed by atoms with E-state index in [1.165, 1.54) is 6.08 Å². The van der Waals surface area contributed by atoms with E-state index in [1.807, 2.05) is 6.07 Å². The Bertz CT molecular complexity index is 544. The zero-order valence-corrected chi connectivity index (χ0v) is 11.0. The maximum absolute atomic E-state index is 11.5. The van der Waals surface area contributed by atoms with Crippen molar-refractivity contribution in [2.45, 2.75) is 19.3 Å². The topological polar surface area (TPSA) is 90.2 Å². The molecule has 1 amide bonds. The minimum Gasteiger partial charge on any atom is -0.481 e. The van der Waals surface area contributed by atoms with E-state index in [-0.39, 0.29) is 12.3 Å². The lowest BCUT2D eigenvalue weighted by Crippen LogP contribution is -2.22. The average Bonchev–Trinajstić information content (AvgIpc) is 2.44. The number of carboxylic acid groups (broad SMARTS) is 1. The van der Waals surface area contributed by atoms with Crippen LogP contribution in [0.2, 0.25) is 0 Å². The number of hydrogen-bond acceptors (Lipinski definition) is 3. The van der Waals surface area contributed by atoms with Crippen LogP contribution in [0.4, 0.5) is 0 Å². The molecule has 1 rings (SSSR count). The molecule has 0 aromatic heterocycles. The largest absolute Gasteiger partial charge is 0.481 e. The number of unbranched alkanes of at least 4 members (excludes halogenated alkanes) is 1. The van der Waals surface area contributed by atoms with Gasteiger partial charge in [-0.2, -0.15) is 5.26 Å². The summed E-state index contributed by atoms with van der Waals surface area (Å²) in [5.41, 5.74) is 1.33. The van der Waals surface area contributed by atoms with Gasteiger partial charge in [0.15, 0.2) is 0 Å². The number of rotatable bonds is 7. The van der Waals surface area contributed by atoms with Crippen molar-refractivity contribution in [2.75, 3.05) is 6.54 Å². The molecule has 5 heteroatoms. The Morgan fingerprint density at radius 3 is 2.85 bits per heavy atom. The van der Waals surface area contributed by atoms with Crippen molar-refractivity contribution >= 4 is 18.0 Å². The highest BCUT2D eigenvalue weighted by Crippen LogP contribution is 2.05. The Kier molecular flexibility index (Phi) is 6.55. The van der Waals surface area contributed by atoms with Gasteiger partial charge in [0.1, 0.15) is 0 Å². The monoisotopic (exact) mass is 272 g/mol. The number of benzene rings is 1. The van der Waals surface area contributed by atoms with Crippen LogP contribution in [0.3, 0.4) is 0 Å². The zero-order chi connectivity index (χ0) is 14.8. The molecular weight excluding hydrogens is 256 g/mol. The summed E-state index contributed by atoms with van der Waals surface area (Å²) in [6.45, 7) is 0.453. The van der Waals surface area contributed by atoms with Crippen molar-refractivity contribution in [3.63, 3.8) is 0 Å². The van der Waals surface area contributed by atoms with E-state index in [0.29, 0.717) is 24.9 Å². The number of carbonyl (C=O) groups excluding carboxylic acids is 1. The highest BCUT2D eigenvalue weighted by atomic mass is 16.4. The third-order valence-electron chi connectivity index (χ3n) is 2.56. The first-order valence-corrected chi connectivity index (χ1v) is 6.29. The molecule has 104 valence electrons.